The van der Waals surface area contributed by atoms with Gasteiger partial charge in [0.25, 0.3) is 11.1 Å². The zero-order valence-corrected chi connectivity index (χ0v) is 17.8. The minimum absolute atomic E-state index is 0.0824. The maximum Gasteiger partial charge on any atom is 0.293 e. The Balaban J connectivity index is 2.39. The van der Waals surface area contributed by atoms with Crippen molar-refractivity contribution in [2.45, 2.75) is 6.92 Å². The molecular weight excluding hydrogens is 472 g/mol. The van der Waals surface area contributed by atoms with Crippen LogP contribution >= 0.6 is 27.7 Å². The van der Waals surface area contributed by atoms with Gasteiger partial charge in [0, 0.05) is 23.4 Å². The zero-order valence-electron chi connectivity index (χ0n) is 15.4. The molecule has 1 saturated heterocycles. The summed E-state index contributed by atoms with van der Waals surface area (Å²) in [6.45, 7) is 5.04. The van der Waals surface area contributed by atoms with Crippen molar-refractivity contribution < 1.29 is 28.2 Å². The van der Waals surface area contributed by atoms with Crippen LogP contribution < -0.4 is 15.4 Å². The van der Waals surface area contributed by atoms with Gasteiger partial charge in [0.2, 0.25) is 5.75 Å². The van der Waals surface area contributed by atoms with E-state index in [-0.39, 0.29) is 33.1 Å². The first kappa shape index (κ1) is 22.6. The lowest BCUT2D eigenvalue weighted by molar-refractivity contribution is -0.121. The van der Waals surface area contributed by atoms with E-state index in [2.05, 4.69) is 32.4 Å². The quantitative estimate of drug-likeness (QED) is 0.453. The van der Waals surface area contributed by atoms with Crippen LogP contribution in [0.15, 0.2) is 44.5 Å². The molecule has 0 saturated carbocycles. The van der Waals surface area contributed by atoms with E-state index in [1.807, 2.05) is 0 Å². The monoisotopic (exact) mass is 487 g/mol. The van der Waals surface area contributed by atoms with Crippen molar-refractivity contribution in [1.82, 2.24) is 4.90 Å². The van der Waals surface area contributed by atoms with Crippen molar-refractivity contribution in [2.24, 2.45) is 10.7 Å². The molecule has 7 nitrogen and oxygen atoms in total. The topological polar surface area (TPSA) is 94.2 Å². The smallest absolute Gasteiger partial charge is 0.293 e. The molecule has 0 aliphatic carbocycles. The minimum atomic E-state index is -1.07. The van der Waals surface area contributed by atoms with E-state index >= 15 is 0 Å². The van der Waals surface area contributed by atoms with E-state index in [4.69, 9.17) is 10.5 Å². The Kier molecular flexibility index (Phi) is 7.57. The average molecular weight is 488 g/mol. The first-order valence-electron chi connectivity index (χ1n) is 7.98. The lowest BCUT2D eigenvalue weighted by Gasteiger charge is -2.12. The highest BCUT2D eigenvalue weighted by molar-refractivity contribution is 9.10. The molecule has 154 valence electrons. The Labute approximate surface area is 178 Å². The second kappa shape index (κ2) is 9.70. The molecule has 1 aliphatic rings. The molecule has 0 bridgehead atoms. The average Bonchev–Trinajstić information content (AvgIpc) is 2.92. The molecule has 0 atom stereocenters. The van der Waals surface area contributed by atoms with Crippen molar-refractivity contribution in [3.05, 3.63) is 50.9 Å². The molecule has 2 amide bonds. The van der Waals surface area contributed by atoms with Crippen LogP contribution in [0.5, 0.6) is 11.5 Å². The number of thioether (sulfide) groups is 1. The molecule has 1 aromatic carbocycles. The van der Waals surface area contributed by atoms with Gasteiger partial charge in [-0.3, -0.25) is 19.4 Å². The molecule has 1 aromatic rings. The van der Waals surface area contributed by atoms with E-state index in [1.165, 1.54) is 25.4 Å². The lowest BCUT2D eigenvalue weighted by Crippen LogP contribution is -2.22. The van der Waals surface area contributed by atoms with Crippen molar-refractivity contribution in [3.63, 3.8) is 0 Å². The summed E-state index contributed by atoms with van der Waals surface area (Å²) in [5, 5.41) is -0.462. The number of imide groups is 1. The first-order valence-corrected chi connectivity index (χ1v) is 9.59. The Morgan fingerprint density at radius 1 is 1.48 bits per heavy atom. The predicted octanol–water partition coefficient (Wildman–Crippen LogP) is 4.34. The van der Waals surface area contributed by atoms with Gasteiger partial charge in [0.15, 0.2) is 11.6 Å². The summed E-state index contributed by atoms with van der Waals surface area (Å²) < 4.78 is 32.8. The standard InChI is InChI=1S/C18H16BrF2N3O4S/c1-4-10(7-23-9(2)22)8-27-12-5-11(14(19)15(20)16(12)28-21)6-13-17(25)24(3)18(26)29-13/h4-7H,2,8,22H2,1,3H3/b10-4+,13-6-,23-7?. The normalized spacial score (nSPS) is 16.2. The van der Waals surface area contributed by atoms with Crippen LogP contribution in [0, 0.1) is 5.82 Å². The third-order valence-corrected chi connectivity index (χ3v) is 5.43. The number of rotatable bonds is 7. The maximum atomic E-state index is 14.5. The number of halogens is 3. The molecule has 1 aliphatic heterocycles. The van der Waals surface area contributed by atoms with Crippen molar-refractivity contribution >= 4 is 51.1 Å². The van der Waals surface area contributed by atoms with Gasteiger partial charge < -0.3 is 10.5 Å². The summed E-state index contributed by atoms with van der Waals surface area (Å²) in [7, 11) is 1.33. The molecule has 0 aromatic heterocycles. The number of nitrogens with two attached hydrogens (primary N) is 1. The number of allylic oxidation sites excluding steroid dienone is 1. The van der Waals surface area contributed by atoms with Gasteiger partial charge in [0.1, 0.15) is 12.4 Å². The number of carbonyl (C=O) groups excluding carboxylic acids is 2. The Bertz CT molecular complexity index is 963. The summed E-state index contributed by atoms with van der Waals surface area (Å²) in [6.07, 6.45) is 4.36. The van der Waals surface area contributed by atoms with Crippen LogP contribution in [-0.4, -0.2) is 35.9 Å². The van der Waals surface area contributed by atoms with E-state index in [0.717, 1.165) is 4.90 Å². The van der Waals surface area contributed by atoms with Gasteiger partial charge in [-0.25, -0.2) is 9.38 Å². The number of nitrogens with zero attached hydrogens (tertiary/aromatic N) is 2. The fourth-order valence-corrected chi connectivity index (χ4v) is 3.32. The second-order valence-corrected chi connectivity index (χ2v) is 7.43. The number of aliphatic imine (C=N–C) groups is 1. The summed E-state index contributed by atoms with van der Waals surface area (Å²) in [4.78, 5) is 32.2. The highest BCUT2D eigenvalue weighted by atomic mass is 79.9. The number of benzene rings is 1. The van der Waals surface area contributed by atoms with Gasteiger partial charge in [-0.05, 0) is 52.3 Å². The van der Waals surface area contributed by atoms with Gasteiger partial charge in [-0.15, -0.1) is 0 Å². The van der Waals surface area contributed by atoms with E-state index in [1.54, 1.807) is 13.0 Å². The Morgan fingerprint density at radius 3 is 2.69 bits per heavy atom. The summed E-state index contributed by atoms with van der Waals surface area (Å²) in [6, 6.07) is 1.28. The molecular formula is C18H16BrF2N3O4S. The fraction of sp³-hybridized carbons (Fsp3) is 0.167. The fourth-order valence-electron chi connectivity index (χ4n) is 2.10. The Morgan fingerprint density at radius 2 is 2.17 bits per heavy atom. The van der Waals surface area contributed by atoms with E-state index in [0.29, 0.717) is 17.3 Å². The van der Waals surface area contributed by atoms with Crippen LogP contribution in [-0.2, 0) is 4.79 Å². The second-order valence-electron chi connectivity index (χ2n) is 5.64. The number of amides is 2. The SMILES string of the molecule is C=C(N)N=C/C(=C\C)COc1cc(/C=C2\SC(=O)N(C)C2=O)c(Br)c(F)c1OF. The maximum absolute atomic E-state index is 14.5. The Hall–Kier alpha value is -2.66. The van der Waals surface area contributed by atoms with E-state index < -0.39 is 22.7 Å². The molecule has 11 heteroatoms. The molecule has 2 N–H and O–H groups in total. The molecule has 0 unspecified atom stereocenters. The van der Waals surface area contributed by atoms with Gasteiger partial charge >= 0.3 is 0 Å². The third kappa shape index (κ3) is 5.24. The number of hydrogen-bond acceptors (Lipinski definition) is 7. The van der Waals surface area contributed by atoms with Crippen LogP contribution in [0.3, 0.4) is 0 Å². The van der Waals surface area contributed by atoms with Gasteiger partial charge in [-0.1, -0.05) is 12.7 Å². The van der Waals surface area contributed by atoms with E-state index in [9.17, 15) is 18.5 Å². The third-order valence-electron chi connectivity index (χ3n) is 3.67. The van der Waals surface area contributed by atoms with Crippen molar-refractivity contribution in [2.75, 3.05) is 13.7 Å². The van der Waals surface area contributed by atoms with Gasteiger partial charge in [0.05, 0.1) is 9.38 Å². The van der Waals surface area contributed by atoms with Gasteiger partial charge in [-0.2, -0.15) is 0 Å². The number of likely N-dealkylation sites (N-methyl/N-ethyl adjacent to an activating group) is 1. The summed E-state index contributed by atoms with van der Waals surface area (Å²) >= 11 is 3.70. The molecule has 0 radical (unpaired) electrons. The number of hydrogen-bond donors (Lipinski definition) is 1. The summed E-state index contributed by atoms with van der Waals surface area (Å²) in [5.41, 5.74) is 6.07. The molecule has 29 heavy (non-hydrogen) atoms. The van der Waals surface area contributed by atoms with Crippen molar-refractivity contribution in [1.29, 1.82) is 0 Å². The molecule has 2 rings (SSSR count). The van der Waals surface area contributed by atoms with Crippen LogP contribution in [0.4, 0.5) is 13.7 Å². The number of carbonyl (C=O) groups is 2. The molecule has 1 heterocycles. The zero-order chi connectivity index (χ0) is 21.7. The van der Waals surface area contributed by atoms with Crippen LogP contribution in [0.2, 0.25) is 0 Å². The van der Waals surface area contributed by atoms with Crippen LogP contribution in [0.1, 0.15) is 12.5 Å². The first-order chi connectivity index (χ1) is 13.7. The molecule has 0 spiro atoms. The minimum Gasteiger partial charge on any atom is -0.485 e. The number of ether oxygens (including phenoxy) is 1. The largest absolute Gasteiger partial charge is 0.485 e. The van der Waals surface area contributed by atoms with Crippen molar-refractivity contribution in [3.8, 4) is 11.5 Å². The summed E-state index contributed by atoms with van der Waals surface area (Å²) in [5.74, 6) is -2.55. The van der Waals surface area contributed by atoms with Crippen LogP contribution in [0.25, 0.3) is 6.08 Å². The molecule has 1 fully saturated rings. The lowest BCUT2D eigenvalue weighted by atomic mass is 10.1. The predicted molar refractivity (Wildman–Crippen MR) is 111 cm³/mol. The highest BCUT2D eigenvalue weighted by Gasteiger charge is 2.32. The highest BCUT2D eigenvalue weighted by Crippen LogP contribution is 2.40.